The number of hydrogen-bond donors (Lipinski definition) is 2. The highest BCUT2D eigenvalue weighted by Gasteiger charge is 2.43. The minimum atomic E-state index is -2.38. The molecule has 0 aliphatic heterocycles. The number of benzene rings is 2. The summed E-state index contributed by atoms with van der Waals surface area (Å²) in [4.78, 5) is 36.8. The second-order valence-corrected chi connectivity index (χ2v) is 19.2. The lowest BCUT2D eigenvalue weighted by molar-refractivity contribution is -0.125. The summed E-state index contributed by atoms with van der Waals surface area (Å²) >= 11 is 0. The van der Waals surface area contributed by atoms with Crippen molar-refractivity contribution in [3.63, 3.8) is 0 Å². The first kappa shape index (κ1) is 34.5. The van der Waals surface area contributed by atoms with E-state index in [1.807, 2.05) is 42.5 Å². The Kier molecular flexibility index (Phi) is 11.3. The van der Waals surface area contributed by atoms with Crippen LogP contribution in [0, 0.1) is 5.92 Å². The maximum atomic E-state index is 14.4. The van der Waals surface area contributed by atoms with Gasteiger partial charge >= 0.3 is 0 Å². The Labute approximate surface area is 280 Å². The molecule has 1 saturated carbocycles. The van der Waals surface area contributed by atoms with Crippen molar-refractivity contribution in [3.05, 3.63) is 96.1 Å². The topological polar surface area (TPSA) is 106 Å². The molecule has 0 radical (unpaired) electrons. The van der Waals surface area contributed by atoms with Crippen LogP contribution in [-0.2, 0) is 15.6 Å². The third kappa shape index (κ3) is 9.17. The highest BCUT2D eigenvalue weighted by Crippen LogP contribution is 2.41. The largest absolute Gasteiger partial charge is 0.438 e. The lowest BCUT2D eigenvalue weighted by Crippen LogP contribution is -2.53. The molecule has 0 bridgehead atoms. The van der Waals surface area contributed by atoms with Crippen molar-refractivity contribution in [1.29, 1.82) is 0 Å². The van der Waals surface area contributed by atoms with Gasteiger partial charge in [-0.3, -0.25) is 14.6 Å². The van der Waals surface area contributed by atoms with Crippen molar-refractivity contribution >= 4 is 31.2 Å². The molecule has 0 spiro atoms. The number of oxazole rings is 1. The normalized spacial score (nSPS) is 16.4. The Bertz CT molecular complexity index is 1560. The lowest BCUT2D eigenvalue weighted by atomic mass is 9.84. The molecule has 5 rings (SSSR count). The molecule has 3 atom stereocenters. The van der Waals surface area contributed by atoms with Crippen molar-refractivity contribution in [2.24, 2.45) is 5.92 Å². The van der Waals surface area contributed by atoms with Crippen LogP contribution in [0.1, 0.15) is 93.6 Å². The summed E-state index contributed by atoms with van der Waals surface area (Å²) in [7, 11) is -2.38. The molecular weight excluding hydrogens is 605 g/mol. The van der Waals surface area contributed by atoms with Crippen LogP contribution in [-0.4, -0.2) is 42.2 Å². The summed E-state index contributed by atoms with van der Waals surface area (Å²) in [5.74, 6) is 0.305. The van der Waals surface area contributed by atoms with Crippen LogP contribution < -0.4 is 10.6 Å². The van der Waals surface area contributed by atoms with Gasteiger partial charge in [0.2, 0.25) is 11.8 Å². The summed E-state index contributed by atoms with van der Waals surface area (Å²) in [5, 5.41) is 6.36. The Morgan fingerprint density at radius 1 is 0.957 bits per heavy atom. The molecule has 1 fully saturated rings. The van der Waals surface area contributed by atoms with Crippen molar-refractivity contribution in [3.8, 4) is 0 Å². The molecule has 0 saturated heterocycles. The van der Waals surface area contributed by atoms with E-state index in [-0.39, 0.29) is 16.9 Å². The minimum Gasteiger partial charge on any atom is -0.438 e. The van der Waals surface area contributed by atoms with Gasteiger partial charge in [-0.15, -0.1) is 0 Å². The molecule has 2 heterocycles. The van der Waals surface area contributed by atoms with E-state index in [2.05, 4.69) is 61.6 Å². The first-order valence-electron chi connectivity index (χ1n) is 17.1. The number of nitrogens with zero attached hydrogens (tertiary/aromatic N) is 2. The van der Waals surface area contributed by atoms with Crippen LogP contribution in [0.25, 0.3) is 11.1 Å². The standard InChI is InChI=1S/C38H50N4O4Si/c1-38(2,3)47(4,5)46-34(37-42-30-20-12-13-21-33(30)45-37)31(23-22-27-15-8-6-9-16-27)40-36(44)32(25-28-17-10-7-11-18-28)41-35(43)29-19-14-24-39-26-29/h6,8-9,12-16,19-21,24,26,28,31-32,34H,7,10-11,17-18,22-23,25H2,1-5H3,(H,40,44)(H,41,43). The summed E-state index contributed by atoms with van der Waals surface area (Å²) in [6.07, 6.45) is 10.1. The fourth-order valence-corrected chi connectivity index (χ4v) is 7.34. The van der Waals surface area contributed by atoms with Crippen LogP contribution in [0.2, 0.25) is 18.1 Å². The van der Waals surface area contributed by atoms with E-state index in [9.17, 15) is 9.59 Å². The van der Waals surface area contributed by atoms with Gasteiger partial charge in [-0.25, -0.2) is 4.98 Å². The van der Waals surface area contributed by atoms with Gasteiger partial charge < -0.3 is 19.5 Å². The quantitative estimate of drug-likeness (QED) is 0.141. The Morgan fingerprint density at radius 3 is 2.36 bits per heavy atom. The van der Waals surface area contributed by atoms with Gasteiger partial charge in [-0.05, 0) is 73.1 Å². The van der Waals surface area contributed by atoms with Crippen molar-refractivity contribution in [2.45, 2.75) is 108 Å². The average molecular weight is 655 g/mol. The van der Waals surface area contributed by atoms with E-state index >= 15 is 0 Å². The summed E-state index contributed by atoms with van der Waals surface area (Å²) < 4.78 is 13.5. The van der Waals surface area contributed by atoms with E-state index in [1.165, 1.54) is 18.2 Å². The SMILES string of the molecule is CC(C)(C)[Si](C)(C)OC(c1nc2ccccc2o1)C(CCc1ccccc1)NC(=O)C(CC1CCCCC1)NC(=O)c1cccnc1. The number of aromatic nitrogens is 2. The van der Waals surface area contributed by atoms with Gasteiger partial charge in [0.1, 0.15) is 17.7 Å². The van der Waals surface area contributed by atoms with Crippen LogP contribution in [0.5, 0.6) is 0 Å². The van der Waals surface area contributed by atoms with E-state index in [0.29, 0.717) is 35.8 Å². The zero-order chi connectivity index (χ0) is 33.4. The van der Waals surface area contributed by atoms with Gasteiger partial charge in [0.25, 0.3) is 5.91 Å². The monoisotopic (exact) mass is 654 g/mol. The first-order chi connectivity index (χ1) is 22.5. The van der Waals surface area contributed by atoms with Gasteiger partial charge in [0.15, 0.2) is 13.9 Å². The number of amides is 2. The van der Waals surface area contributed by atoms with Crippen molar-refractivity contribution < 1.29 is 18.4 Å². The van der Waals surface area contributed by atoms with E-state index < -0.39 is 26.5 Å². The zero-order valence-electron chi connectivity index (χ0n) is 28.5. The Hall–Kier alpha value is -3.82. The van der Waals surface area contributed by atoms with Crippen LogP contribution in [0.4, 0.5) is 0 Å². The molecule has 4 aromatic rings. The Morgan fingerprint density at radius 2 is 1.68 bits per heavy atom. The predicted octanol–water partition coefficient (Wildman–Crippen LogP) is 8.17. The van der Waals surface area contributed by atoms with Gasteiger partial charge in [0.05, 0.1) is 11.6 Å². The number of hydrogen-bond acceptors (Lipinski definition) is 6. The number of nitrogens with one attached hydrogen (secondary N) is 2. The van der Waals surface area contributed by atoms with Crippen LogP contribution in [0.15, 0.2) is 83.5 Å². The highest BCUT2D eigenvalue weighted by molar-refractivity contribution is 6.74. The maximum Gasteiger partial charge on any atom is 0.253 e. The summed E-state index contributed by atoms with van der Waals surface area (Å²) in [6, 6.07) is 20.2. The average Bonchev–Trinajstić information content (AvgIpc) is 3.50. The second-order valence-electron chi connectivity index (χ2n) is 14.5. The molecule has 3 unspecified atom stereocenters. The number of fused-ring (bicyclic) bond motifs is 1. The molecule has 1 aliphatic carbocycles. The molecule has 8 nitrogen and oxygen atoms in total. The minimum absolute atomic E-state index is 0.0908. The summed E-state index contributed by atoms with van der Waals surface area (Å²) in [5.41, 5.74) is 3.02. The molecule has 9 heteroatoms. The predicted molar refractivity (Wildman–Crippen MR) is 188 cm³/mol. The third-order valence-corrected chi connectivity index (χ3v) is 14.4. The number of rotatable bonds is 13. The van der Waals surface area contributed by atoms with Gasteiger partial charge in [0, 0.05) is 12.4 Å². The molecule has 2 amide bonds. The van der Waals surface area contributed by atoms with Crippen molar-refractivity contribution in [2.75, 3.05) is 0 Å². The Balaban J connectivity index is 1.49. The lowest BCUT2D eigenvalue weighted by Gasteiger charge is -2.41. The van der Waals surface area contributed by atoms with Gasteiger partial charge in [-0.2, -0.15) is 0 Å². The molecular formula is C38H50N4O4Si. The maximum absolute atomic E-state index is 14.4. The van der Waals surface area contributed by atoms with Crippen LogP contribution >= 0.6 is 0 Å². The molecule has 2 N–H and O–H groups in total. The third-order valence-electron chi connectivity index (χ3n) is 9.90. The highest BCUT2D eigenvalue weighted by atomic mass is 28.4. The second kappa shape index (κ2) is 15.4. The van der Waals surface area contributed by atoms with Crippen molar-refractivity contribution in [1.82, 2.24) is 20.6 Å². The number of carbonyl (C=O) groups excluding carboxylic acids is 2. The molecule has 250 valence electrons. The van der Waals surface area contributed by atoms with E-state index in [0.717, 1.165) is 37.6 Å². The fraction of sp³-hybridized carbons (Fsp3) is 0.474. The first-order valence-corrected chi connectivity index (χ1v) is 20.0. The number of carbonyl (C=O) groups is 2. The summed E-state index contributed by atoms with van der Waals surface area (Å²) in [6.45, 7) is 11.0. The van der Waals surface area contributed by atoms with E-state index in [4.69, 9.17) is 13.8 Å². The number of para-hydroxylation sites is 2. The number of aryl methyl sites for hydroxylation is 1. The molecule has 2 aromatic heterocycles. The molecule has 1 aliphatic rings. The molecule has 2 aromatic carbocycles. The fourth-order valence-electron chi connectivity index (χ4n) is 6.09. The van der Waals surface area contributed by atoms with Gasteiger partial charge in [-0.1, -0.05) is 95.3 Å². The van der Waals surface area contributed by atoms with Crippen LogP contribution in [0.3, 0.4) is 0 Å². The van der Waals surface area contributed by atoms with E-state index in [1.54, 1.807) is 18.3 Å². The number of pyridine rings is 1. The zero-order valence-corrected chi connectivity index (χ0v) is 29.5. The molecule has 47 heavy (non-hydrogen) atoms. The smallest absolute Gasteiger partial charge is 0.253 e.